The first-order valence-corrected chi connectivity index (χ1v) is 6.82. The molecule has 0 spiro atoms. The van der Waals surface area contributed by atoms with E-state index >= 15 is 0 Å². The van der Waals surface area contributed by atoms with Gasteiger partial charge in [0.1, 0.15) is 0 Å². The number of methoxy groups -OCH3 is 1. The van der Waals surface area contributed by atoms with Gasteiger partial charge in [-0.05, 0) is 19.4 Å². The van der Waals surface area contributed by atoms with Crippen molar-refractivity contribution in [1.82, 2.24) is 20.6 Å². The summed E-state index contributed by atoms with van der Waals surface area (Å²) in [5.41, 5.74) is 0.778. The van der Waals surface area contributed by atoms with Crippen LogP contribution in [0.3, 0.4) is 0 Å². The van der Waals surface area contributed by atoms with E-state index in [0.717, 1.165) is 25.2 Å². The molecule has 1 aliphatic rings. The van der Waals surface area contributed by atoms with Gasteiger partial charge >= 0.3 is 0 Å². The third-order valence-corrected chi connectivity index (χ3v) is 3.66. The minimum absolute atomic E-state index is 0.00676. The average Bonchev–Trinajstić information content (AvgIpc) is 2.80. The molecule has 2 heterocycles. The molecule has 0 saturated carbocycles. The minimum Gasteiger partial charge on any atom is -0.378 e. The molecule has 6 nitrogen and oxygen atoms in total. The number of piperidine rings is 1. The van der Waals surface area contributed by atoms with E-state index in [1.165, 1.54) is 0 Å². The molecule has 1 aromatic heterocycles. The van der Waals surface area contributed by atoms with Gasteiger partial charge in [-0.15, -0.1) is 0 Å². The monoisotopic (exact) mass is 286 g/mol. The number of aromatic amines is 1. The van der Waals surface area contributed by atoms with Gasteiger partial charge in [0.15, 0.2) is 11.0 Å². The number of carbonyl (C=O) groups is 1. The molecule has 7 heteroatoms. The van der Waals surface area contributed by atoms with Gasteiger partial charge in [-0.3, -0.25) is 4.79 Å². The Bertz CT molecular complexity index is 449. The molecule has 19 heavy (non-hydrogen) atoms. The Balaban J connectivity index is 2.03. The van der Waals surface area contributed by atoms with E-state index in [9.17, 15) is 4.79 Å². The average molecular weight is 287 g/mol. The van der Waals surface area contributed by atoms with Crippen LogP contribution in [0.15, 0.2) is 0 Å². The van der Waals surface area contributed by atoms with Crippen LogP contribution in [0.4, 0.5) is 0 Å². The molecule has 1 fully saturated rings. The van der Waals surface area contributed by atoms with E-state index in [1.807, 2.05) is 6.92 Å². The van der Waals surface area contributed by atoms with Gasteiger partial charge in [-0.25, -0.2) is 4.98 Å². The summed E-state index contributed by atoms with van der Waals surface area (Å²) in [5, 5.41) is 6.54. The molecule has 1 aliphatic heterocycles. The zero-order valence-electron chi connectivity index (χ0n) is 11.1. The van der Waals surface area contributed by atoms with E-state index in [4.69, 9.17) is 16.3 Å². The number of hydrogen-bond donors (Lipinski definition) is 3. The fourth-order valence-electron chi connectivity index (χ4n) is 2.21. The van der Waals surface area contributed by atoms with Crippen LogP contribution in [-0.2, 0) is 11.2 Å². The Kier molecular flexibility index (Phi) is 4.79. The lowest BCUT2D eigenvalue weighted by atomic mass is 10.0. The summed E-state index contributed by atoms with van der Waals surface area (Å²) in [7, 11) is 1.65. The van der Waals surface area contributed by atoms with Gasteiger partial charge in [-0.1, -0.05) is 18.5 Å². The highest BCUT2D eigenvalue weighted by Crippen LogP contribution is 2.14. The Morgan fingerprint density at radius 3 is 3.05 bits per heavy atom. The molecule has 106 valence electrons. The van der Waals surface area contributed by atoms with Crippen molar-refractivity contribution in [2.45, 2.75) is 31.9 Å². The van der Waals surface area contributed by atoms with Crippen LogP contribution in [0.25, 0.3) is 0 Å². The standard InChI is InChI=1S/C12H19ClN4O2/c1-3-7-10(13)17-11(15-7)12(18)16-8-4-5-14-6-9(8)19-2/h8-9,14H,3-6H2,1-2H3,(H,15,17)(H,16,18)/t8-,9+/m1/s1. The summed E-state index contributed by atoms with van der Waals surface area (Å²) in [6, 6.07) is -0.00676. The SMILES string of the molecule is CCc1[nH]c(C(=O)N[C@@H]2CCNC[C@@H]2OC)nc1Cl. The number of hydrogen-bond acceptors (Lipinski definition) is 4. The Hall–Kier alpha value is -1.11. The van der Waals surface area contributed by atoms with Crippen molar-refractivity contribution >= 4 is 17.5 Å². The van der Waals surface area contributed by atoms with Gasteiger partial charge in [0.25, 0.3) is 5.91 Å². The summed E-state index contributed by atoms with van der Waals surface area (Å²) in [4.78, 5) is 19.1. The van der Waals surface area contributed by atoms with Crippen LogP contribution in [0.2, 0.25) is 5.15 Å². The number of aromatic nitrogens is 2. The van der Waals surface area contributed by atoms with Gasteiger partial charge in [0.05, 0.1) is 17.8 Å². The zero-order valence-corrected chi connectivity index (χ0v) is 11.9. The summed E-state index contributed by atoms with van der Waals surface area (Å²) < 4.78 is 5.36. The fraction of sp³-hybridized carbons (Fsp3) is 0.667. The Labute approximate surface area is 117 Å². The van der Waals surface area contributed by atoms with E-state index < -0.39 is 0 Å². The third kappa shape index (κ3) is 3.26. The predicted octanol–water partition coefficient (Wildman–Crippen LogP) is 0.732. The first-order valence-electron chi connectivity index (χ1n) is 6.44. The van der Waals surface area contributed by atoms with Crippen LogP contribution < -0.4 is 10.6 Å². The molecular weight excluding hydrogens is 268 g/mol. The molecule has 1 saturated heterocycles. The number of halogens is 1. The number of rotatable bonds is 4. The topological polar surface area (TPSA) is 79.0 Å². The molecule has 0 aliphatic carbocycles. The maximum absolute atomic E-state index is 12.1. The zero-order chi connectivity index (χ0) is 13.8. The van der Waals surface area contributed by atoms with Gasteiger partial charge in [0.2, 0.25) is 0 Å². The second kappa shape index (κ2) is 6.36. The van der Waals surface area contributed by atoms with Crippen molar-refractivity contribution in [1.29, 1.82) is 0 Å². The second-order valence-corrected chi connectivity index (χ2v) is 4.91. The molecule has 2 rings (SSSR count). The number of nitrogens with one attached hydrogen (secondary N) is 3. The molecular formula is C12H19ClN4O2. The number of carbonyl (C=O) groups excluding carboxylic acids is 1. The largest absolute Gasteiger partial charge is 0.378 e. The Morgan fingerprint density at radius 2 is 2.42 bits per heavy atom. The highest BCUT2D eigenvalue weighted by atomic mass is 35.5. The maximum Gasteiger partial charge on any atom is 0.287 e. The third-order valence-electron chi connectivity index (χ3n) is 3.34. The summed E-state index contributed by atoms with van der Waals surface area (Å²) >= 11 is 5.93. The van der Waals surface area contributed by atoms with Crippen LogP contribution in [0.5, 0.6) is 0 Å². The van der Waals surface area contributed by atoms with Crippen molar-refractivity contribution < 1.29 is 9.53 Å². The van der Waals surface area contributed by atoms with Gasteiger partial charge in [-0.2, -0.15) is 0 Å². The minimum atomic E-state index is -0.240. The van der Waals surface area contributed by atoms with E-state index in [2.05, 4.69) is 20.6 Å². The first kappa shape index (κ1) is 14.3. The lowest BCUT2D eigenvalue weighted by molar-refractivity contribution is 0.0473. The summed E-state index contributed by atoms with van der Waals surface area (Å²) in [6.45, 7) is 3.55. The second-order valence-electron chi connectivity index (χ2n) is 4.56. The molecule has 0 radical (unpaired) electrons. The number of imidazole rings is 1. The van der Waals surface area contributed by atoms with E-state index in [0.29, 0.717) is 11.6 Å². The van der Waals surface area contributed by atoms with Crippen LogP contribution in [0, 0.1) is 0 Å². The molecule has 0 aromatic carbocycles. The molecule has 1 amide bonds. The van der Waals surface area contributed by atoms with Crippen molar-refractivity contribution in [3.8, 4) is 0 Å². The number of amides is 1. The summed E-state index contributed by atoms with van der Waals surface area (Å²) in [6.07, 6.45) is 1.53. The maximum atomic E-state index is 12.1. The molecule has 1 aromatic rings. The molecule has 0 bridgehead atoms. The lowest BCUT2D eigenvalue weighted by Crippen LogP contribution is -2.53. The predicted molar refractivity (Wildman–Crippen MR) is 72.5 cm³/mol. The number of H-pyrrole nitrogens is 1. The van der Waals surface area contributed by atoms with Crippen molar-refractivity contribution in [2.75, 3.05) is 20.2 Å². The highest BCUT2D eigenvalue weighted by molar-refractivity contribution is 6.30. The van der Waals surface area contributed by atoms with Crippen molar-refractivity contribution in [3.63, 3.8) is 0 Å². The number of nitrogens with zero attached hydrogens (tertiary/aromatic N) is 1. The normalized spacial score (nSPS) is 23.3. The highest BCUT2D eigenvalue weighted by Gasteiger charge is 2.27. The van der Waals surface area contributed by atoms with Gasteiger partial charge in [0, 0.05) is 13.7 Å². The number of ether oxygens (including phenoxy) is 1. The first-order chi connectivity index (χ1) is 9.15. The molecule has 3 N–H and O–H groups in total. The van der Waals surface area contributed by atoms with Crippen LogP contribution >= 0.6 is 11.6 Å². The van der Waals surface area contributed by atoms with Gasteiger partial charge < -0.3 is 20.4 Å². The smallest absolute Gasteiger partial charge is 0.287 e. The number of aryl methyl sites for hydroxylation is 1. The molecule has 2 atom stereocenters. The van der Waals surface area contributed by atoms with E-state index in [-0.39, 0.29) is 23.9 Å². The van der Waals surface area contributed by atoms with Crippen molar-refractivity contribution in [3.05, 3.63) is 16.7 Å². The quantitative estimate of drug-likeness (QED) is 0.762. The summed E-state index contributed by atoms with van der Waals surface area (Å²) in [5.74, 6) is 0.0192. The Morgan fingerprint density at radius 1 is 1.63 bits per heavy atom. The lowest BCUT2D eigenvalue weighted by Gasteiger charge is -2.31. The van der Waals surface area contributed by atoms with Crippen LogP contribution in [-0.4, -0.2) is 48.2 Å². The van der Waals surface area contributed by atoms with Crippen LogP contribution in [0.1, 0.15) is 29.7 Å². The molecule has 0 unspecified atom stereocenters. The van der Waals surface area contributed by atoms with Crippen molar-refractivity contribution in [2.24, 2.45) is 0 Å². The van der Waals surface area contributed by atoms with E-state index in [1.54, 1.807) is 7.11 Å². The fourth-order valence-corrected chi connectivity index (χ4v) is 2.47.